The molecule has 2 rings (SSSR count). The number of likely N-dealkylation sites (tertiary alicyclic amines) is 1. The number of phosphoric acid groups is 1. The van der Waals surface area contributed by atoms with Crippen molar-refractivity contribution in [2.24, 2.45) is 11.7 Å². The second kappa shape index (κ2) is 25.2. The Labute approximate surface area is 339 Å². The highest BCUT2D eigenvalue weighted by molar-refractivity contribution is 7.46. The van der Waals surface area contributed by atoms with Gasteiger partial charge in [-0.15, -0.1) is 0 Å². The molecule has 1 aliphatic heterocycles. The highest BCUT2D eigenvalue weighted by Gasteiger charge is 2.37. The van der Waals surface area contributed by atoms with Crippen molar-refractivity contribution in [1.82, 2.24) is 31.5 Å². The van der Waals surface area contributed by atoms with Crippen molar-refractivity contribution in [3.05, 3.63) is 35.9 Å². The summed E-state index contributed by atoms with van der Waals surface area (Å²) in [4.78, 5) is 110. The summed E-state index contributed by atoms with van der Waals surface area (Å²) in [7, 11) is -5.10. The Bertz CT molecular complexity index is 1580. The van der Waals surface area contributed by atoms with Gasteiger partial charge in [0.2, 0.25) is 41.4 Å². The average molecular weight is 840 g/mol. The van der Waals surface area contributed by atoms with Crippen molar-refractivity contribution in [3.8, 4) is 0 Å². The third-order valence-corrected chi connectivity index (χ3v) is 10.2. The molecule has 1 aromatic rings. The molecule has 0 spiro atoms. The summed E-state index contributed by atoms with van der Waals surface area (Å²) in [5.74, 6) is -4.98. The van der Waals surface area contributed by atoms with Crippen LogP contribution < -0.4 is 32.3 Å². The summed E-state index contributed by atoms with van der Waals surface area (Å²) in [6.45, 7) is 5.80. The number of aliphatic hydroxyl groups is 1. The largest absolute Gasteiger partial charge is 0.469 e. The first-order valence-electron chi connectivity index (χ1n) is 19.8. The summed E-state index contributed by atoms with van der Waals surface area (Å²) in [5, 5.41) is 22.7. The third-order valence-electron chi connectivity index (χ3n) is 9.58. The predicted octanol–water partition coefficient (Wildman–Crippen LogP) is 0.0476. The van der Waals surface area contributed by atoms with Crippen LogP contribution in [0.3, 0.4) is 0 Å². The summed E-state index contributed by atoms with van der Waals surface area (Å²) >= 11 is 0. The molecule has 19 nitrogen and oxygen atoms in total. The van der Waals surface area contributed by atoms with Gasteiger partial charge in [-0.3, -0.25) is 38.1 Å². The lowest BCUT2D eigenvalue weighted by molar-refractivity contribution is -0.139. The molecule has 10 N–H and O–H groups in total. The van der Waals surface area contributed by atoms with E-state index in [1.54, 1.807) is 0 Å². The van der Waals surface area contributed by atoms with Gasteiger partial charge in [0.05, 0.1) is 12.7 Å². The van der Waals surface area contributed by atoms with E-state index in [0.29, 0.717) is 38.6 Å². The van der Waals surface area contributed by atoms with Crippen LogP contribution in [-0.4, -0.2) is 117 Å². The summed E-state index contributed by atoms with van der Waals surface area (Å²) in [6.07, 6.45) is 4.21. The molecule has 326 valence electrons. The number of benzene rings is 1. The van der Waals surface area contributed by atoms with Crippen molar-refractivity contribution in [2.45, 2.75) is 135 Å². The normalized spacial score (nSPS) is 16.7. The Hall–Kier alpha value is -4.42. The molecule has 0 aromatic heterocycles. The molecule has 1 aliphatic rings. The number of aliphatic hydroxyl groups excluding tert-OH is 1. The van der Waals surface area contributed by atoms with Crippen LogP contribution in [0.1, 0.15) is 97.5 Å². The van der Waals surface area contributed by atoms with E-state index in [0.717, 1.165) is 32.6 Å². The van der Waals surface area contributed by atoms with E-state index >= 15 is 0 Å². The van der Waals surface area contributed by atoms with Gasteiger partial charge in [0.1, 0.15) is 30.2 Å². The highest BCUT2D eigenvalue weighted by atomic mass is 31.2. The maximum atomic E-state index is 13.8. The van der Waals surface area contributed by atoms with Crippen LogP contribution in [-0.2, 0) is 49.1 Å². The molecule has 20 heteroatoms. The van der Waals surface area contributed by atoms with Crippen LogP contribution in [0.4, 0.5) is 0 Å². The van der Waals surface area contributed by atoms with Gasteiger partial charge in [0.15, 0.2) is 0 Å². The first-order valence-corrected chi connectivity index (χ1v) is 21.3. The number of primary amides is 1. The molecule has 1 aromatic carbocycles. The van der Waals surface area contributed by atoms with Gasteiger partial charge in [0.25, 0.3) is 0 Å². The number of carbonyl (C=O) groups is 7. The number of aryl methyl sites for hydroxylation is 1. The first kappa shape index (κ1) is 49.7. The average Bonchev–Trinajstić information content (AvgIpc) is 3.65. The lowest BCUT2D eigenvalue weighted by Crippen LogP contribution is -2.60. The van der Waals surface area contributed by atoms with Crippen LogP contribution in [0.2, 0.25) is 0 Å². The van der Waals surface area contributed by atoms with E-state index in [9.17, 15) is 43.2 Å². The zero-order valence-electron chi connectivity index (χ0n) is 33.8. The van der Waals surface area contributed by atoms with Crippen LogP contribution in [0.25, 0.3) is 0 Å². The Morgan fingerprint density at radius 3 is 2.10 bits per heavy atom. The van der Waals surface area contributed by atoms with E-state index in [4.69, 9.17) is 15.5 Å². The molecule has 0 aliphatic carbocycles. The fourth-order valence-corrected chi connectivity index (χ4v) is 7.13. The highest BCUT2D eigenvalue weighted by Crippen LogP contribution is 2.38. The molecule has 1 heterocycles. The van der Waals surface area contributed by atoms with E-state index in [-0.39, 0.29) is 37.1 Å². The fourth-order valence-electron chi connectivity index (χ4n) is 6.57. The molecule has 1 saturated heterocycles. The van der Waals surface area contributed by atoms with Gasteiger partial charge in [-0.1, -0.05) is 50.6 Å². The molecular formula is C38H62N7O12P. The number of hydrogen-bond donors (Lipinski definition) is 9. The molecule has 0 bridgehead atoms. The van der Waals surface area contributed by atoms with Gasteiger partial charge < -0.3 is 52.1 Å². The van der Waals surface area contributed by atoms with Crippen LogP contribution in [0, 0.1) is 5.92 Å². The van der Waals surface area contributed by atoms with Crippen LogP contribution in [0.15, 0.2) is 30.3 Å². The van der Waals surface area contributed by atoms with Crippen molar-refractivity contribution in [3.63, 3.8) is 0 Å². The van der Waals surface area contributed by atoms with Crippen LogP contribution >= 0.6 is 7.82 Å². The van der Waals surface area contributed by atoms with Crippen molar-refractivity contribution in [1.29, 1.82) is 0 Å². The summed E-state index contributed by atoms with van der Waals surface area (Å²) in [6, 6.07) is 3.41. The molecule has 0 saturated carbocycles. The zero-order chi connectivity index (χ0) is 43.4. The maximum absolute atomic E-state index is 13.8. The number of unbranched alkanes of at least 4 members (excludes halogenated alkanes) is 3. The monoisotopic (exact) mass is 839 g/mol. The molecule has 1 fully saturated rings. The topological polar surface area (TPSA) is 296 Å². The number of hydrogen-bond acceptors (Lipinski definition) is 10. The Morgan fingerprint density at radius 2 is 1.50 bits per heavy atom. The number of phosphoric ester groups is 1. The summed E-state index contributed by atoms with van der Waals surface area (Å²) < 4.78 is 15.8. The van der Waals surface area contributed by atoms with Crippen molar-refractivity contribution < 1.29 is 57.5 Å². The maximum Gasteiger partial charge on any atom is 0.469 e. The SMILES string of the molecule is CC(=O)N1CCC[C@H]1C(=O)N[C@@H](CC(C)C)C(=O)N[C@@H](CCCCNC(=O)CCCCCc1ccccc1)C(=O)N[C@@H](CO)C(=O)N[C@H](C(N)=O)[C@@H](C)OP(=O)(O)O. The third kappa shape index (κ3) is 18.4. The minimum Gasteiger partial charge on any atom is -0.394 e. The number of nitrogens with one attached hydrogen (secondary N) is 5. The Balaban J connectivity index is 2.11. The van der Waals surface area contributed by atoms with Gasteiger partial charge in [-0.25, -0.2) is 4.57 Å². The predicted molar refractivity (Wildman–Crippen MR) is 212 cm³/mol. The number of nitrogens with two attached hydrogens (primary N) is 1. The van der Waals surface area contributed by atoms with Gasteiger partial charge in [-0.2, -0.15) is 0 Å². The van der Waals surface area contributed by atoms with E-state index in [2.05, 4.69) is 43.2 Å². The first-order chi connectivity index (χ1) is 27.3. The lowest BCUT2D eigenvalue weighted by Gasteiger charge is -2.28. The minimum atomic E-state index is -5.10. The van der Waals surface area contributed by atoms with E-state index in [1.807, 2.05) is 32.0 Å². The van der Waals surface area contributed by atoms with Crippen molar-refractivity contribution >= 4 is 49.2 Å². The molecule has 0 unspecified atom stereocenters. The Morgan fingerprint density at radius 1 is 0.862 bits per heavy atom. The van der Waals surface area contributed by atoms with Crippen LogP contribution in [0.5, 0.6) is 0 Å². The smallest absolute Gasteiger partial charge is 0.394 e. The molecule has 0 radical (unpaired) electrons. The number of nitrogens with zero attached hydrogens (tertiary/aromatic N) is 1. The quantitative estimate of drug-likeness (QED) is 0.0442. The van der Waals surface area contributed by atoms with Gasteiger partial charge in [-0.05, 0) is 76.2 Å². The minimum absolute atomic E-state index is 0.00680. The van der Waals surface area contributed by atoms with E-state index in [1.165, 1.54) is 17.4 Å². The number of carbonyl (C=O) groups excluding carboxylic acids is 7. The standard InChI is InChI=1S/C38H62N7O12P/c1-24(2)22-29(42-38(53)31-18-13-21-45(31)26(4)47)36(51)41-28(17-11-12-20-40-32(48)19-10-6-9-16-27-14-7-5-8-15-27)35(50)43-30(23-46)37(52)44-33(34(39)49)25(3)57-58(54,55)56/h5,7-8,14-15,24-25,28-31,33,46H,6,9-13,16-23H2,1-4H3,(H2,39,49)(H,40,48)(H,41,51)(H,42,53)(H,43,50)(H,44,52)(H2,54,55,56)/t25-,28+,29+,30+,31+,33+/m1/s1. The van der Waals surface area contributed by atoms with Gasteiger partial charge in [0, 0.05) is 26.4 Å². The molecule has 58 heavy (non-hydrogen) atoms. The lowest BCUT2D eigenvalue weighted by atomic mass is 10.0. The van der Waals surface area contributed by atoms with Crippen molar-refractivity contribution in [2.75, 3.05) is 19.7 Å². The summed E-state index contributed by atoms with van der Waals surface area (Å²) in [5.41, 5.74) is 6.55. The second-order valence-corrected chi connectivity index (χ2v) is 16.1. The number of rotatable bonds is 26. The zero-order valence-corrected chi connectivity index (χ0v) is 34.7. The second-order valence-electron chi connectivity index (χ2n) is 14.9. The van der Waals surface area contributed by atoms with Gasteiger partial charge >= 0.3 is 7.82 Å². The number of amides is 7. The van der Waals surface area contributed by atoms with E-state index < -0.39 is 80.3 Å². The molecule has 7 amide bonds. The molecular weight excluding hydrogens is 777 g/mol. The fraction of sp³-hybridized carbons (Fsp3) is 0.658. The Kier molecular flexibility index (Phi) is 21.6. The molecule has 6 atom stereocenters.